The number of halogens is 1. The summed E-state index contributed by atoms with van der Waals surface area (Å²) in [7, 11) is 0. The minimum absolute atomic E-state index is 0.134. The van der Waals surface area contributed by atoms with E-state index in [0.29, 0.717) is 21.9 Å². The summed E-state index contributed by atoms with van der Waals surface area (Å²) in [5, 5.41) is 9.09. The number of thioether (sulfide) groups is 1. The van der Waals surface area contributed by atoms with Crippen molar-refractivity contribution in [3.8, 4) is 11.5 Å². The first-order chi connectivity index (χ1) is 9.36. The first-order valence-electron chi connectivity index (χ1n) is 6.27. The van der Waals surface area contributed by atoms with Crippen molar-refractivity contribution in [1.29, 1.82) is 0 Å². The maximum Gasteiger partial charge on any atom is 0.277 e. The summed E-state index contributed by atoms with van der Waals surface area (Å²) in [5.74, 6) is 1.08. The maximum absolute atomic E-state index is 5.71. The second kappa shape index (κ2) is 6.02. The van der Waals surface area contributed by atoms with Crippen molar-refractivity contribution in [1.82, 2.24) is 10.2 Å². The van der Waals surface area contributed by atoms with Crippen LogP contribution in [0.1, 0.15) is 26.3 Å². The van der Waals surface area contributed by atoms with Gasteiger partial charge in [-0.3, -0.25) is 0 Å². The summed E-state index contributed by atoms with van der Waals surface area (Å²) in [6.07, 6.45) is 0. The Bertz CT molecular complexity index is 599. The highest BCUT2D eigenvalue weighted by Gasteiger charge is 2.14. The van der Waals surface area contributed by atoms with Crippen molar-refractivity contribution in [2.24, 2.45) is 0 Å². The zero-order chi connectivity index (χ0) is 14.8. The average Bonchev–Trinajstić information content (AvgIpc) is 2.84. The van der Waals surface area contributed by atoms with Crippen LogP contribution < -0.4 is 0 Å². The molecule has 0 aliphatic heterocycles. The monoisotopic (exact) mass is 308 g/mol. The third-order valence-electron chi connectivity index (χ3n) is 2.76. The summed E-state index contributed by atoms with van der Waals surface area (Å²) >= 11 is 7.09. The van der Waals surface area contributed by atoms with E-state index in [-0.39, 0.29) is 5.41 Å². The van der Waals surface area contributed by atoms with Gasteiger partial charge in [0.05, 0.1) is 0 Å². The Balaban J connectivity index is 2.14. The molecular weight excluding hydrogens is 292 g/mol. The predicted octanol–water partition coefficient (Wildman–Crippen LogP) is 4.88. The lowest BCUT2D eigenvalue weighted by molar-refractivity contribution is 0.466. The summed E-state index contributed by atoms with van der Waals surface area (Å²) in [6, 6.07) is 8.19. The molecular formula is C15H17ClN2OS. The molecule has 0 spiro atoms. The van der Waals surface area contributed by atoms with Gasteiger partial charge in [0.1, 0.15) is 0 Å². The van der Waals surface area contributed by atoms with Gasteiger partial charge in [-0.1, -0.05) is 62.8 Å². The largest absolute Gasteiger partial charge is 0.411 e. The van der Waals surface area contributed by atoms with Gasteiger partial charge < -0.3 is 4.42 Å². The van der Waals surface area contributed by atoms with Crippen molar-refractivity contribution in [3.05, 3.63) is 41.4 Å². The second-order valence-electron chi connectivity index (χ2n) is 5.51. The normalized spacial score (nSPS) is 11.6. The number of hydrogen-bond acceptors (Lipinski definition) is 4. The average molecular weight is 309 g/mol. The molecule has 0 bridgehead atoms. The Hall–Kier alpha value is -1.26. The molecule has 0 radical (unpaired) electrons. The maximum atomic E-state index is 5.71. The van der Waals surface area contributed by atoms with Crippen molar-refractivity contribution in [3.63, 3.8) is 0 Å². The van der Waals surface area contributed by atoms with Crippen LogP contribution in [0, 0.1) is 0 Å². The molecule has 1 aromatic carbocycles. The fraction of sp³-hybridized carbons (Fsp3) is 0.333. The first kappa shape index (κ1) is 15.1. The zero-order valence-corrected chi connectivity index (χ0v) is 13.4. The molecule has 5 heteroatoms. The summed E-state index contributed by atoms with van der Waals surface area (Å²) in [6.45, 7) is 10.2. The topological polar surface area (TPSA) is 38.9 Å². The molecule has 0 atom stereocenters. The molecule has 20 heavy (non-hydrogen) atoms. The Morgan fingerprint density at radius 1 is 1.25 bits per heavy atom. The smallest absolute Gasteiger partial charge is 0.277 e. The van der Waals surface area contributed by atoms with Gasteiger partial charge in [-0.25, -0.2) is 0 Å². The third kappa shape index (κ3) is 3.87. The number of nitrogens with zero attached hydrogens (tertiary/aromatic N) is 2. The molecule has 3 nitrogen and oxygen atoms in total. The molecule has 2 rings (SSSR count). The Morgan fingerprint density at radius 3 is 2.45 bits per heavy atom. The lowest BCUT2D eigenvalue weighted by Crippen LogP contribution is -2.10. The lowest BCUT2D eigenvalue weighted by Gasteiger charge is -2.18. The van der Waals surface area contributed by atoms with Crippen LogP contribution in [-0.4, -0.2) is 16.0 Å². The van der Waals surface area contributed by atoms with E-state index in [2.05, 4.69) is 49.7 Å². The predicted molar refractivity (Wildman–Crippen MR) is 84.2 cm³/mol. The van der Waals surface area contributed by atoms with Gasteiger partial charge in [-0.15, -0.1) is 10.2 Å². The minimum Gasteiger partial charge on any atom is -0.411 e. The number of aromatic nitrogens is 2. The van der Waals surface area contributed by atoms with Crippen LogP contribution in [0.15, 0.2) is 45.5 Å². The van der Waals surface area contributed by atoms with Crippen molar-refractivity contribution in [2.75, 3.05) is 5.75 Å². The summed E-state index contributed by atoms with van der Waals surface area (Å²) < 4.78 is 5.59. The van der Waals surface area contributed by atoms with E-state index in [0.717, 1.165) is 5.56 Å². The highest BCUT2D eigenvalue weighted by Crippen LogP contribution is 2.27. The van der Waals surface area contributed by atoms with E-state index in [1.165, 1.54) is 17.3 Å². The van der Waals surface area contributed by atoms with Crippen molar-refractivity contribution >= 4 is 23.4 Å². The highest BCUT2D eigenvalue weighted by molar-refractivity contribution is 7.99. The van der Waals surface area contributed by atoms with Crippen LogP contribution in [0.5, 0.6) is 0 Å². The SMILES string of the molecule is C=C(Cl)CSc1nnc(-c2ccc(C(C)(C)C)cc2)o1. The lowest BCUT2D eigenvalue weighted by atomic mass is 9.87. The van der Waals surface area contributed by atoms with Crippen molar-refractivity contribution < 1.29 is 4.42 Å². The Kier molecular flexibility index (Phi) is 4.55. The molecule has 0 aliphatic carbocycles. The van der Waals surface area contributed by atoms with Crippen molar-refractivity contribution in [2.45, 2.75) is 31.4 Å². The third-order valence-corrected chi connectivity index (χ3v) is 3.95. The molecule has 0 fully saturated rings. The number of benzene rings is 1. The molecule has 0 amide bonds. The molecule has 0 aliphatic rings. The van der Waals surface area contributed by atoms with E-state index in [1.54, 1.807) is 0 Å². The zero-order valence-electron chi connectivity index (χ0n) is 11.8. The van der Waals surface area contributed by atoms with Gasteiger partial charge in [-0.2, -0.15) is 0 Å². The van der Waals surface area contributed by atoms with Crippen LogP contribution in [-0.2, 0) is 5.41 Å². The van der Waals surface area contributed by atoms with E-state index >= 15 is 0 Å². The van der Waals surface area contributed by atoms with Crippen LogP contribution in [0.25, 0.3) is 11.5 Å². The van der Waals surface area contributed by atoms with E-state index < -0.39 is 0 Å². The molecule has 0 unspecified atom stereocenters. The Morgan fingerprint density at radius 2 is 1.90 bits per heavy atom. The molecule has 2 aromatic rings. The van der Waals surface area contributed by atoms with Gasteiger partial charge in [0.25, 0.3) is 5.22 Å². The van der Waals surface area contributed by atoms with Gasteiger partial charge in [0, 0.05) is 16.3 Å². The van der Waals surface area contributed by atoms with E-state index in [1.807, 2.05) is 12.1 Å². The molecule has 0 N–H and O–H groups in total. The van der Waals surface area contributed by atoms with Gasteiger partial charge >= 0.3 is 0 Å². The number of hydrogen-bond donors (Lipinski definition) is 0. The fourth-order valence-electron chi connectivity index (χ4n) is 1.64. The molecule has 106 valence electrons. The molecule has 0 saturated heterocycles. The van der Waals surface area contributed by atoms with Crippen LogP contribution >= 0.6 is 23.4 Å². The summed E-state index contributed by atoms with van der Waals surface area (Å²) in [5.41, 5.74) is 2.32. The molecule has 1 heterocycles. The quantitative estimate of drug-likeness (QED) is 0.755. The minimum atomic E-state index is 0.134. The number of rotatable bonds is 4. The van der Waals surface area contributed by atoms with Crippen LogP contribution in [0.2, 0.25) is 0 Å². The first-order valence-corrected chi connectivity index (χ1v) is 7.63. The fourth-order valence-corrected chi connectivity index (χ4v) is 2.32. The summed E-state index contributed by atoms with van der Waals surface area (Å²) in [4.78, 5) is 0. The van der Waals surface area contributed by atoms with Gasteiger partial charge in [0.2, 0.25) is 5.89 Å². The van der Waals surface area contributed by atoms with E-state index in [4.69, 9.17) is 16.0 Å². The van der Waals surface area contributed by atoms with Crippen LogP contribution in [0.3, 0.4) is 0 Å². The highest BCUT2D eigenvalue weighted by atomic mass is 35.5. The van der Waals surface area contributed by atoms with Crippen LogP contribution in [0.4, 0.5) is 0 Å². The standard InChI is InChI=1S/C15H17ClN2OS/c1-10(16)9-20-14-18-17-13(19-14)11-5-7-12(8-6-11)15(2,3)4/h5-8H,1,9H2,2-4H3. The molecule has 1 aromatic heterocycles. The Labute approximate surface area is 128 Å². The van der Waals surface area contributed by atoms with Gasteiger partial charge in [-0.05, 0) is 23.1 Å². The van der Waals surface area contributed by atoms with Gasteiger partial charge in [0.15, 0.2) is 0 Å². The molecule has 0 saturated carbocycles. The van der Waals surface area contributed by atoms with E-state index in [9.17, 15) is 0 Å². The second-order valence-corrected chi connectivity index (χ2v) is 6.97.